The van der Waals surface area contributed by atoms with Crippen LogP contribution in [0.1, 0.15) is 22.8 Å². The van der Waals surface area contributed by atoms with E-state index in [9.17, 15) is 9.59 Å². The summed E-state index contributed by atoms with van der Waals surface area (Å²) in [7, 11) is 0. The van der Waals surface area contributed by atoms with Gasteiger partial charge >= 0.3 is 5.97 Å². The third kappa shape index (κ3) is 4.58. The van der Waals surface area contributed by atoms with E-state index in [2.05, 4.69) is 10.6 Å². The van der Waals surface area contributed by atoms with Gasteiger partial charge in [-0.3, -0.25) is 4.79 Å². The summed E-state index contributed by atoms with van der Waals surface area (Å²) in [6.07, 6.45) is 0. The molecule has 1 amide bonds. The summed E-state index contributed by atoms with van der Waals surface area (Å²) in [5.41, 5.74) is 2.04. The summed E-state index contributed by atoms with van der Waals surface area (Å²) >= 11 is 0. The lowest BCUT2D eigenvalue weighted by Crippen LogP contribution is -2.22. The smallest absolute Gasteiger partial charge is 0.338 e. The number of hydrogen-bond acceptors (Lipinski definition) is 5. The zero-order chi connectivity index (χ0) is 17.4. The van der Waals surface area contributed by atoms with Crippen molar-refractivity contribution >= 4 is 23.3 Å². The molecule has 6 heteroatoms. The average Bonchev–Trinajstić information content (AvgIpc) is 2.61. The lowest BCUT2D eigenvalue weighted by molar-refractivity contribution is -0.114. The maximum atomic E-state index is 12.0. The topological polar surface area (TPSA) is 91.2 Å². The SMILES string of the molecule is CCOC(=O)c1ccc(NCC(=O)Nc2ccccc2C#N)cc1. The Morgan fingerprint density at radius 3 is 2.50 bits per heavy atom. The predicted octanol–water partition coefficient (Wildman–Crippen LogP) is 2.79. The van der Waals surface area contributed by atoms with Crippen LogP contribution in [0.15, 0.2) is 48.5 Å². The Balaban J connectivity index is 1.90. The van der Waals surface area contributed by atoms with Crippen LogP contribution in [0.2, 0.25) is 0 Å². The summed E-state index contributed by atoms with van der Waals surface area (Å²) in [6, 6.07) is 15.5. The Kier molecular flexibility index (Phi) is 5.92. The number of ether oxygens (including phenoxy) is 1. The monoisotopic (exact) mass is 323 g/mol. The lowest BCUT2D eigenvalue weighted by atomic mass is 10.2. The normalized spacial score (nSPS) is 9.67. The molecule has 0 spiro atoms. The highest BCUT2D eigenvalue weighted by molar-refractivity contribution is 5.95. The van der Waals surface area contributed by atoms with E-state index in [1.54, 1.807) is 55.5 Å². The molecule has 0 unspecified atom stereocenters. The number of carbonyl (C=O) groups excluding carboxylic acids is 2. The van der Waals surface area contributed by atoms with E-state index >= 15 is 0 Å². The Labute approximate surface area is 140 Å². The minimum absolute atomic E-state index is 0.0402. The predicted molar refractivity (Wildman–Crippen MR) is 90.7 cm³/mol. The molecular formula is C18H17N3O3. The fraction of sp³-hybridized carbons (Fsp3) is 0.167. The van der Waals surface area contributed by atoms with Crippen LogP contribution < -0.4 is 10.6 Å². The fourth-order valence-corrected chi connectivity index (χ4v) is 2.00. The number of esters is 1. The molecule has 0 aliphatic heterocycles. The molecule has 2 aromatic carbocycles. The van der Waals surface area contributed by atoms with Crippen molar-refractivity contribution in [3.63, 3.8) is 0 Å². The Morgan fingerprint density at radius 2 is 1.83 bits per heavy atom. The average molecular weight is 323 g/mol. The van der Waals surface area contributed by atoms with Crippen molar-refractivity contribution in [2.75, 3.05) is 23.8 Å². The molecule has 0 bridgehead atoms. The highest BCUT2D eigenvalue weighted by Crippen LogP contribution is 2.14. The second-order valence-corrected chi connectivity index (χ2v) is 4.86. The zero-order valence-corrected chi connectivity index (χ0v) is 13.2. The second kappa shape index (κ2) is 8.34. The molecule has 2 aromatic rings. The van der Waals surface area contributed by atoms with Gasteiger partial charge in [-0.2, -0.15) is 5.26 Å². The number of para-hydroxylation sites is 1. The van der Waals surface area contributed by atoms with E-state index < -0.39 is 0 Å². The number of anilines is 2. The maximum absolute atomic E-state index is 12.0. The van der Waals surface area contributed by atoms with Crippen LogP contribution in [0, 0.1) is 11.3 Å². The van der Waals surface area contributed by atoms with Gasteiger partial charge < -0.3 is 15.4 Å². The molecule has 122 valence electrons. The number of nitrogens with zero attached hydrogens (tertiary/aromatic N) is 1. The highest BCUT2D eigenvalue weighted by atomic mass is 16.5. The number of amides is 1. The van der Waals surface area contributed by atoms with Crippen LogP contribution in [-0.4, -0.2) is 25.0 Å². The third-order valence-electron chi connectivity index (χ3n) is 3.17. The van der Waals surface area contributed by atoms with Crippen molar-refractivity contribution in [2.45, 2.75) is 6.92 Å². The van der Waals surface area contributed by atoms with Crippen LogP contribution >= 0.6 is 0 Å². The zero-order valence-electron chi connectivity index (χ0n) is 13.2. The van der Waals surface area contributed by atoms with Gasteiger partial charge in [0, 0.05) is 5.69 Å². The lowest BCUT2D eigenvalue weighted by Gasteiger charge is -2.09. The number of nitriles is 1. The Bertz CT molecular complexity index is 764. The highest BCUT2D eigenvalue weighted by Gasteiger charge is 2.08. The molecule has 0 aliphatic rings. The fourth-order valence-electron chi connectivity index (χ4n) is 2.00. The number of carbonyl (C=O) groups is 2. The van der Waals surface area contributed by atoms with Gasteiger partial charge in [-0.15, -0.1) is 0 Å². The summed E-state index contributed by atoms with van der Waals surface area (Å²) in [4.78, 5) is 23.5. The van der Waals surface area contributed by atoms with Crippen LogP contribution in [0.4, 0.5) is 11.4 Å². The standard InChI is InChI=1S/C18H17N3O3/c1-2-24-18(23)13-7-9-15(10-8-13)20-12-17(22)21-16-6-4-3-5-14(16)11-19/h3-10,20H,2,12H2,1H3,(H,21,22). The number of rotatable bonds is 6. The molecule has 0 aromatic heterocycles. The van der Waals surface area contributed by atoms with E-state index in [1.165, 1.54) is 0 Å². The van der Waals surface area contributed by atoms with Gasteiger partial charge in [0.05, 0.1) is 30.0 Å². The molecule has 0 atom stereocenters. The molecule has 0 heterocycles. The summed E-state index contributed by atoms with van der Waals surface area (Å²) in [5, 5.41) is 14.6. The molecule has 2 N–H and O–H groups in total. The molecular weight excluding hydrogens is 306 g/mol. The Hall–Kier alpha value is -3.33. The molecule has 6 nitrogen and oxygen atoms in total. The summed E-state index contributed by atoms with van der Waals surface area (Å²) in [6.45, 7) is 2.11. The van der Waals surface area contributed by atoms with Crippen molar-refractivity contribution in [1.29, 1.82) is 5.26 Å². The van der Waals surface area contributed by atoms with Crippen molar-refractivity contribution in [2.24, 2.45) is 0 Å². The van der Waals surface area contributed by atoms with Gasteiger partial charge in [-0.1, -0.05) is 12.1 Å². The van der Waals surface area contributed by atoms with Crippen molar-refractivity contribution in [3.05, 3.63) is 59.7 Å². The minimum Gasteiger partial charge on any atom is -0.462 e. The molecule has 0 aliphatic carbocycles. The third-order valence-corrected chi connectivity index (χ3v) is 3.17. The van der Waals surface area contributed by atoms with Gasteiger partial charge in [0.2, 0.25) is 5.91 Å². The van der Waals surface area contributed by atoms with Crippen molar-refractivity contribution < 1.29 is 14.3 Å². The summed E-state index contributed by atoms with van der Waals surface area (Å²) in [5.74, 6) is -0.651. The van der Waals surface area contributed by atoms with Gasteiger partial charge in [-0.05, 0) is 43.3 Å². The van der Waals surface area contributed by atoms with E-state index in [0.29, 0.717) is 29.1 Å². The molecule has 2 rings (SSSR count). The van der Waals surface area contributed by atoms with Gasteiger partial charge in [0.1, 0.15) is 6.07 Å². The largest absolute Gasteiger partial charge is 0.462 e. The Morgan fingerprint density at radius 1 is 1.12 bits per heavy atom. The van der Waals surface area contributed by atoms with Gasteiger partial charge in [0.25, 0.3) is 0 Å². The van der Waals surface area contributed by atoms with Crippen LogP contribution in [-0.2, 0) is 9.53 Å². The van der Waals surface area contributed by atoms with Crippen molar-refractivity contribution in [1.82, 2.24) is 0 Å². The minimum atomic E-state index is -0.380. The number of nitrogens with one attached hydrogen (secondary N) is 2. The molecule has 0 saturated heterocycles. The molecule has 0 radical (unpaired) electrons. The molecule has 24 heavy (non-hydrogen) atoms. The van der Waals surface area contributed by atoms with Gasteiger partial charge in [0.15, 0.2) is 0 Å². The van der Waals surface area contributed by atoms with Crippen molar-refractivity contribution in [3.8, 4) is 6.07 Å². The van der Waals surface area contributed by atoms with E-state index in [4.69, 9.17) is 10.00 Å². The van der Waals surface area contributed by atoms with E-state index in [1.807, 2.05) is 6.07 Å². The maximum Gasteiger partial charge on any atom is 0.338 e. The van der Waals surface area contributed by atoms with E-state index in [0.717, 1.165) is 0 Å². The first-order valence-electron chi connectivity index (χ1n) is 7.44. The van der Waals surface area contributed by atoms with Crippen LogP contribution in [0.3, 0.4) is 0 Å². The first-order valence-corrected chi connectivity index (χ1v) is 7.44. The summed E-state index contributed by atoms with van der Waals surface area (Å²) < 4.78 is 4.90. The van der Waals surface area contributed by atoms with Gasteiger partial charge in [-0.25, -0.2) is 4.79 Å². The number of hydrogen-bond donors (Lipinski definition) is 2. The van der Waals surface area contributed by atoms with Crippen LogP contribution in [0.5, 0.6) is 0 Å². The second-order valence-electron chi connectivity index (χ2n) is 4.86. The first kappa shape index (κ1) is 17.0. The first-order chi connectivity index (χ1) is 11.6. The molecule has 0 saturated carbocycles. The quantitative estimate of drug-likeness (QED) is 0.798. The molecule has 0 fully saturated rings. The number of benzene rings is 2. The van der Waals surface area contributed by atoms with Crippen LogP contribution in [0.25, 0.3) is 0 Å². The van der Waals surface area contributed by atoms with E-state index in [-0.39, 0.29) is 18.4 Å².